The van der Waals surface area contributed by atoms with E-state index < -0.39 is 0 Å². The van der Waals surface area contributed by atoms with E-state index in [1.54, 1.807) is 12.4 Å². The average molecular weight is 241 g/mol. The van der Waals surface area contributed by atoms with Gasteiger partial charge in [-0.15, -0.1) is 12.4 Å². The number of fused-ring (bicyclic) bond motifs is 2. The van der Waals surface area contributed by atoms with Gasteiger partial charge < -0.3 is 10.1 Å². The summed E-state index contributed by atoms with van der Waals surface area (Å²) in [4.78, 5) is 3.99. The molecule has 2 aliphatic heterocycles. The number of halogens is 1. The van der Waals surface area contributed by atoms with Crippen LogP contribution in [0, 0.1) is 0 Å². The first kappa shape index (κ1) is 11.7. The Balaban J connectivity index is 0.000000963. The zero-order valence-electron chi connectivity index (χ0n) is 9.13. The molecule has 0 aromatic carbocycles. The van der Waals surface area contributed by atoms with Gasteiger partial charge in [0.15, 0.2) is 0 Å². The number of nitrogens with zero attached hydrogens (tertiary/aromatic N) is 1. The minimum Gasteiger partial charge on any atom is -0.490 e. The summed E-state index contributed by atoms with van der Waals surface area (Å²) in [6.07, 6.45) is 8.90. The van der Waals surface area contributed by atoms with Crippen LogP contribution in [0.15, 0.2) is 24.5 Å². The fourth-order valence-corrected chi connectivity index (χ4v) is 2.71. The summed E-state index contributed by atoms with van der Waals surface area (Å²) in [6.45, 7) is 0. The van der Waals surface area contributed by atoms with Gasteiger partial charge in [-0.3, -0.25) is 4.98 Å². The topological polar surface area (TPSA) is 34.1 Å². The summed E-state index contributed by atoms with van der Waals surface area (Å²) in [5.41, 5.74) is 0. The molecule has 88 valence electrons. The molecule has 2 saturated heterocycles. The predicted molar refractivity (Wildman–Crippen MR) is 65.1 cm³/mol. The van der Waals surface area contributed by atoms with Crippen LogP contribution in [0.4, 0.5) is 0 Å². The van der Waals surface area contributed by atoms with Crippen molar-refractivity contribution in [2.75, 3.05) is 0 Å². The summed E-state index contributed by atoms with van der Waals surface area (Å²) in [5.74, 6) is 0.955. The molecule has 1 aromatic heterocycles. The van der Waals surface area contributed by atoms with Crippen LogP contribution in [0.2, 0.25) is 0 Å². The van der Waals surface area contributed by atoms with Crippen molar-refractivity contribution in [2.45, 2.75) is 43.9 Å². The van der Waals surface area contributed by atoms with E-state index in [-0.39, 0.29) is 12.4 Å². The van der Waals surface area contributed by atoms with Crippen molar-refractivity contribution in [1.82, 2.24) is 10.3 Å². The average Bonchev–Trinajstić information content (AvgIpc) is 2.60. The van der Waals surface area contributed by atoms with Crippen LogP contribution in [0.1, 0.15) is 25.7 Å². The molecule has 2 bridgehead atoms. The highest BCUT2D eigenvalue weighted by molar-refractivity contribution is 5.85. The van der Waals surface area contributed by atoms with Gasteiger partial charge >= 0.3 is 0 Å². The van der Waals surface area contributed by atoms with Crippen molar-refractivity contribution in [3.05, 3.63) is 24.5 Å². The predicted octanol–water partition coefficient (Wildman–Crippen LogP) is 2.17. The number of aromatic nitrogens is 1. The maximum Gasteiger partial charge on any atom is 0.122 e. The summed E-state index contributed by atoms with van der Waals surface area (Å²) in [6, 6.07) is 5.25. The molecule has 2 fully saturated rings. The second-order valence-corrected chi connectivity index (χ2v) is 4.53. The molecule has 3 atom stereocenters. The lowest BCUT2D eigenvalue weighted by molar-refractivity contribution is 0.137. The minimum atomic E-state index is 0. The van der Waals surface area contributed by atoms with Gasteiger partial charge in [0.05, 0.1) is 0 Å². The molecule has 4 heteroatoms. The smallest absolute Gasteiger partial charge is 0.122 e. The number of piperidine rings is 1. The molecule has 0 amide bonds. The van der Waals surface area contributed by atoms with E-state index in [0.717, 1.165) is 18.6 Å². The molecular formula is C12H17ClN2O. The van der Waals surface area contributed by atoms with Crippen LogP contribution in [-0.4, -0.2) is 23.2 Å². The molecule has 3 heterocycles. The number of ether oxygens (including phenoxy) is 1. The van der Waals surface area contributed by atoms with Crippen LogP contribution >= 0.6 is 12.4 Å². The lowest BCUT2D eigenvalue weighted by Gasteiger charge is -2.29. The van der Waals surface area contributed by atoms with Crippen molar-refractivity contribution >= 4 is 12.4 Å². The van der Waals surface area contributed by atoms with Crippen molar-refractivity contribution < 1.29 is 4.74 Å². The SMILES string of the molecule is Cl.c1cc(OC2C[C@H]3CC[C@@H](C2)N3)ccn1. The van der Waals surface area contributed by atoms with E-state index in [0.29, 0.717) is 18.2 Å². The van der Waals surface area contributed by atoms with Crippen LogP contribution in [0.3, 0.4) is 0 Å². The third-order valence-corrected chi connectivity index (χ3v) is 3.38. The van der Waals surface area contributed by atoms with E-state index in [1.165, 1.54) is 12.8 Å². The molecule has 0 spiro atoms. The Morgan fingerprint density at radius 2 is 1.75 bits per heavy atom. The van der Waals surface area contributed by atoms with Gasteiger partial charge in [0, 0.05) is 24.5 Å². The second-order valence-electron chi connectivity index (χ2n) is 4.53. The summed E-state index contributed by atoms with van der Waals surface area (Å²) in [5, 5.41) is 3.61. The first-order chi connectivity index (χ1) is 7.40. The normalized spacial score (nSPS) is 31.9. The quantitative estimate of drug-likeness (QED) is 0.860. The number of nitrogens with one attached hydrogen (secondary N) is 1. The van der Waals surface area contributed by atoms with E-state index in [9.17, 15) is 0 Å². The summed E-state index contributed by atoms with van der Waals surface area (Å²) < 4.78 is 5.96. The fraction of sp³-hybridized carbons (Fsp3) is 0.583. The Kier molecular flexibility index (Phi) is 3.66. The van der Waals surface area contributed by atoms with Crippen LogP contribution in [0.25, 0.3) is 0 Å². The minimum absolute atomic E-state index is 0. The first-order valence-corrected chi connectivity index (χ1v) is 5.73. The molecule has 0 saturated carbocycles. The lowest BCUT2D eigenvalue weighted by Crippen LogP contribution is -2.42. The molecule has 1 N–H and O–H groups in total. The van der Waals surface area contributed by atoms with Crippen LogP contribution in [-0.2, 0) is 0 Å². The zero-order valence-corrected chi connectivity index (χ0v) is 9.95. The first-order valence-electron chi connectivity index (χ1n) is 5.73. The Morgan fingerprint density at radius 1 is 1.12 bits per heavy atom. The highest BCUT2D eigenvalue weighted by Gasteiger charge is 2.34. The van der Waals surface area contributed by atoms with Gasteiger partial charge in [0.1, 0.15) is 11.9 Å². The second kappa shape index (κ2) is 5.02. The van der Waals surface area contributed by atoms with Crippen LogP contribution < -0.4 is 10.1 Å². The third kappa shape index (κ3) is 2.47. The molecule has 0 radical (unpaired) electrons. The molecular weight excluding hydrogens is 224 g/mol. The maximum absolute atomic E-state index is 5.96. The van der Waals surface area contributed by atoms with Crippen LogP contribution in [0.5, 0.6) is 5.75 Å². The van der Waals surface area contributed by atoms with E-state index in [4.69, 9.17) is 4.74 Å². The number of hydrogen-bond donors (Lipinski definition) is 1. The lowest BCUT2D eigenvalue weighted by atomic mass is 10.0. The summed E-state index contributed by atoms with van der Waals surface area (Å²) in [7, 11) is 0. The van der Waals surface area contributed by atoms with E-state index in [1.807, 2.05) is 12.1 Å². The van der Waals surface area contributed by atoms with E-state index >= 15 is 0 Å². The largest absolute Gasteiger partial charge is 0.490 e. The molecule has 1 aromatic rings. The Labute approximate surface area is 102 Å². The number of rotatable bonds is 2. The Hall–Kier alpha value is -0.800. The van der Waals surface area contributed by atoms with Gasteiger partial charge in [-0.1, -0.05) is 0 Å². The highest BCUT2D eigenvalue weighted by Crippen LogP contribution is 2.29. The standard InChI is InChI=1S/C12H16N2O.ClH/c1-2-10-8-12(7-9(1)14-10)15-11-3-5-13-6-4-11;/h3-6,9-10,12,14H,1-2,7-8H2;1H/t9-,10+,12?;. The van der Waals surface area contributed by atoms with Gasteiger partial charge in [-0.25, -0.2) is 0 Å². The van der Waals surface area contributed by atoms with Crippen molar-refractivity contribution in [3.8, 4) is 5.75 Å². The zero-order chi connectivity index (χ0) is 10.1. The molecule has 3 nitrogen and oxygen atoms in total. The van der Waals surface area contributed by atoms with Gasteiger partial charge in [-0.05, 0) is 37.8 Å². The maximum atomic E-state index is 5.96. The summed E-state index contributed by atoms with van der Waals surface area (Å²) >= 11 is 0. The third-order valence-electron chi connectivity index (χ3n) is 3.38. The molecule has 2 aliphatic rings. The monoisotopic (exact) mass is 240 g/mol. The van der Waals surface area contributed by atoms with Gasteiger partial charge in [0.2, 0.25) is 0 Å². The molecule has 3 rings (SSSR count). The van der Waals surface area contributed by atoms with Gasteiger partial charge in [0.25, 0.3) is 0 Å². The van der Waals surface area contributed by atoms with Crippen molar-refractivity contribution in [3.63, 3.8) is 0 Å². The Morgan fingerprint density at radius 3 is 2.38 bits per heavy atom. The van der Waals surface area contributed by atoms with Gasteiger partial charge in [-0.2, -0.15) is 0 Å². The molecule has 1 unspecified atom stereocenters. The molecule has 16 heavy (non-hydrogen) atoms. The Bertz CT molecular complexity index is 321. The highest BCUT2D eigenvalue weighted by atomic mass is 35.5. The van der Waals surface area contributed by atoms with Crippen molar-refractivity contribution in [2.24, 2.45) is 0 Å². The number of pyridine rings is 1. The number of hydrogen-bond acceptors (Lipinski definition) is 3. The van der Waals surface area contributed by atoms with E-state index in [2.05, 4.69) is 10.3 Å². The van der Waals surface area contributed by atoms with Crippen molar-refractivity contribution in [1.29, 1.82) is 0 Å². The fourth-order valence-electron chi connectivity index (χ4n) is 2.71. The molecule has 0 aliphatic carbocycles.